The minimum Gasteiger partial charge on any atom is -0.294 e. The van der Waals surface area contributed by atoms with E-state index in [-0.39, 0.29) is 0 Å². The van der Waals surface area contributed by atoms with E-state index in [2.05, 4.69) is 51.1 Å². The van der Waals surface area contributed by atoms with Gasteiger partial charge in [0.05, 0.1) is 0 Å². The molecule has 0 radical (unpaired) electrons. The Morgan fingerprint density at radius 2 is 1.45 bits per heavy atom. The number of Topliss-reactive ketones (excluding diaryl/α,β-unsaturated/α-hetero) is 1. The number of hydrogen-bond acceptors (Lipinski definition) is 1. The van der Waals surface area contributed by atoms with Gasteiger partial charge in [-0.25, -0.2) is 0 Å². The molecule has 1 atom stereocenters. The van der Waals surface area contributed by atoms with Crippen LogP contribution in [0.3, 0.4) is 0 Å². The maximum absolute atomic E-state index is 12.4. The van der Waals surface area contributed by atoms with Crippen LogP contribution in [0.15, 0.2) is 36.4 Å². The van der Waals surface area contributed by atoms with E-state index in [1.165, 1.54) is 85.6 Å². The molecule has 0 amide bonds. The zero-order valence-corrected chi connectivity index (χ0v) is 20.1. The SMILES string of the molecule is CCCCCCCCCC(C)Cc1ccc2c(c1)Cc1cc(C(=O)CCCC)ccc1-2. The maximum atomic E-state index is 12.4. The Hall–Kier alpha value is -1.89. The molecule has 1 aliphatic carbocycles. The van der Waals surface area contributed by atoms with Crippen molar-refractivity contribution < 1.29 is 4.79 Å². The molecule has 0 aromatic heterocycles. The van der Waals surface area contributed by atoms with E-state index in [1.807, 2.05) is 6.07 Å². The molecule has 0 saturated carbocycles. The van der Waals surface area contributed by atoms with Gasteiger partial charge in [-0.1, -0.05) is 109 Å². The third kappa shape index (κ3) is 6.79. The minimum atomic E-state index is 0.292. The normalized spacial score (nSPS) is 13.1. The molecule has 1 unspecified atom stereocenters. The van der Waals surface area contributed by atoms with Crippen LogP contribution in [0.25, 0.3) is 11.1 Å². The van der Waals surface area contributed by atoms with Crippen LogP contribution in [0.1, 0.15) is 118 Å². The first-order chi connectivity index (χ1) is 15.1. The van der Waals surface area contributed by atoms with Gasteiger partial charge in [-0.3, -0.25) is 4.79 Å². The Labute approximate surface area is 190 Å². The number of ketones is 1. The topological polar surface area (TPSA) is 17.1 Å². The van der Waals surface area contributed by atoms with E-state index in [0.717, 1.165) is 30.7 Å². The summed E-state index contributed by atoms with van der Waals surface area (Å²) in [5, 5.41) is 0. The van der Waals surface area contributed by atoms with Gasteiger partial charge < -0.3 is 0 Å². The lowest BCUT2D eigenvalue weighted by Gasteiger charge is -2.12. The first-order valence-corrected chi connectivity index (χ1v) is 12.9. The van der Waals surface area contributed by atoms with Gasteiger partial charge in [-0.2, -0.15) is 0 Å². The molecule has 1 nitrogen and oxygen atoms in total. The van der Waals surface area contributed by atoms with E-state index in [1.54, 1.807) is 0 Å². The first kappa shape index (κ1) is 23.8. The molecule has 1 heteroatoms. The van der Waals surface area contributed by atoms with Crippen molar-refractivity contribution in [2.24, 2.45) is 5.92 Å². The molecule has 0 heterocycles. The monoisotopic (exact) mass is 418 g/mol. The zero-order chi connectivity index (χ0) is 22.1. The lowest BCUT2D eigenvalue weighted by molar-refractivity contribution is 0.0979. The summed E-state index contributed by atoms with van der Waals surface area (Å²) in [6.07, 6.45) is 16.0. The molecule has 31 heavy (non-hydrogen) atoms. The molecule has 168 valence electrons. The smallest absolute Gasteiger partial charge is 0.162 e. The second-order valence-corrected chi connectivity index (χ2v) is 9.79. The summed E-state index contributed by atoms with van der Waals surface area (Å²) in [6, 6.07) is 13.4. The van der Waals surface area contributed by atoms with Gasteiger partial charge in [0.1, 0.15) is 0 Å². The quantitative estimate of drug-likeness (QED) is 0.188. The number of hydrogen-bond donors (Lipinski definition) is 0. The molecule has 3 rings (SSSR count). The fourth-order valence-electron chi connectivity index (χ4n) is 5.00. The Kier molecular flexibility index (Phi) is 9.37. The average Bonchev–Trinajstić information content (AvgIpc) is 3.13. The third-order valence-electron chi connectivity index (χ3n) is 6.91. The van der Waals surface area contributed by atoms with Gasteiger partial charge in [0, 0.05) is 12.0 Å². The lowest BCUT2D eigenvalue weighted by Crippen LogP contribution is -2.00. The molecule has 0 N–H and O–H groups in total. The van der Waals surface area contributed by atoms with Crippen molar-refractivity contribution in [3.63, 3.8) is 0 Å². The van der Waals surface area contributed by atoms with Crippen LogP contribution in [0.4, 0.5) is 0 Å². The second kappa shape index (κ2) is 12.2. The molecule has 0 fully saturated rings. The standard InChI is InChI=1S/C30H42O/c1-4-6-8-9-10-11-12-13-23(3)19-24-15-17-28-26(20-24)22-27-21-25(16-18-29(27)28)30(31)14-7-5-2/h15-18,20-21,23H,4-14,19,22H2,1-3H3. The van der Waals surface area contributed by atoms with E-state index in [4.69, 9.17) is 0 Å². The van der Waals surface area contributed by atoms with E-state index < -0.39 is 0 Å². The Morgan fingerprint density at radius 1 is 0.806 bits per heavy atom. The average molecular weight is 419 g/mol. The van der Waals surface area contributed by atoms with Crippen molar-refractivity contribution in [3.05, 3.63) is 58.7 Å². The van der Waals surface area contributed by atoms with Crippen molar-refractivity contribution in [1.29, 1.82) is 0 Å². The van der Waals surface area contributed by atoms with Gasteiger partial charge in [-0.15, -0.1) is 0 Å². The van der Waals surface area contributed by atoms with Gasteiger partial charge in [-0.05, 0) is 59.1 Å². The fourth-order valence-corrected chi connectivity index (χ4v) is 5.00. The lowest BCUT2D eigenvalue weighted by atomic mass is 9.93. The third-order valence-corrected chi connectivity index (χ3v) is 6.91. The van der Waals surface area contributed by atoms with Crippen molar-refractivity contribution >= 4 is 5.78 Å². The number of fused-ring (bicyclic) bond motifs is 3. The van der Waals surface area contributed by atoms with Crippen LogP contribution in [-0.2, 0) is 12.8 Å². The van der Waals surface area contributed by atoms with Crippen LogP contribution in [-0.4, -0.2) is 5.78 Å². The van der Waals surface area contributed by atoms with Crippen LogP contribution in [0.2, 0.25) is 0 Å². The molecular weight excluding hydrogens is 376 g/mol. The van der Waals surface area contributed by atoms with Crippen LogP contribution >= 0.6 is 0 Å². The number of benzene rings is 2. The van der Waals surface area contributed by atoms with Crippen molar-refractivity contribution in [2.45, 2.75) is 104 Å². The van der Waals surface area contributed by atoms with Crippen LogP contribution in [0.5, 0.6) is 0 Å². The maximum Gasteiger partial charge on any atom is 0.162 e. The molecule has 0 saturated heterocycles. The number of carbonyl (C=O) groups excluding carboxylic acids is 1. The van der Waals surface area contributed by atoms with Crippen molar-refractivity contribution in [3.8, 4) is 11.1 Å². The molecule has 0 bridgehead atoms. The summed E-state index contributed by atoms with van der Waals surface area (Å²) in [6.45, 7) is 6.83. The van der Waals surface area contributed by atoms with E-state index in [9.17, 15) is 4.79 Å². The molecule has 2 aromatic carbocycles. The van der Waals surface area contributed by atoms with E-state index in [0.29, 0.717) is 12.2 Å². The van der Waals surface area contributed by atoms with Crippen molar-refractivity contribution in [2.75, 3.05) is 0 Å². The number of carbonyl (C=O) groups is 1. The highest BCUT2D eigenvalue weighted by Crippen LogP contribution is 2.38. The molecule has 1 aliphatic rings. The Morgan fingerprint density at radius 3 is 2.19 bits per heavy atom. The van der Waals surface area contributed by atoms with Crippen LogP contribution < -0.4 is 0 Å². The zero-order valence-electron chi connectivity index (χ0n) is 20.1. The largest absolute Gasteiger partial charge is 0.294 e. The highest BCUT2D eigenvalue weighted by atomic mass is 16.1. The second-order valence-electron chi connectivity index (χ2n) is 9.79. The van der Waals surface area contributed by atoms with Gasteiger partial charge >= 0.3 is 0 Å². The Balaban J connectivity index is 1.51. The van der Waals surface area contributed by atoms with E-state index >= 15 is 0 Å². The molecule has 2 aromatic rings. The Bertz CT molecular complexity index is 847. The predicted molar refractivity (Wildman–Crippen MR) is 134 cm³/mol. The highest BCUT2D eigenvalue weighted by molar-refractivity contribution is 5.97. The fraction of sp³-hybridized carbons (Fsp3) is 0.567. The summed E-state index contributed by atoms with van der Waals surface area (Å²) in [4.78, 5) is 12.4. The number of unbranched alkanes of at least 4 members (excludes halogenated alkanes) is 7. The summed E-state index contributed by atoms with van der Waals surface area (Å²) in [7, 11) is 0. The first-order valence-electron chi connectivity index (χ1n) is 12.9. The summed E-state index contributed by atoms with van der Waals surface area (Å²) in [5.41, 5.74) is 7.82. The summed E-state index contributed by atoms with van der Waals surface area (Å²) < 4.78 is 0. The molecular formula is C30H42O. The van der Waals surface area contributed by atoms with Gasteiger partial charge in [0.2, 0.25) is 0 Å². The highest BCUT2D eigenvalue weighted by Gasteiger charge is 2.20. The molecule has 0 aliphatic heterocycles. The minimum absolute atomic E-state index is 0.292. The predicted octanol–water partition coefficient (Wildman–Crippen LogP) is 8.95. The van der Waals surface area contributed by atoms with Crippen molar-refractivity contribution in [1.82, 2.24) is 0 Å². The summed E-state index contributed by atoms with van der Waals surface area (Å²) in [5.74, 6) is 1.04. The summed E-state index contributed by atoms with van der Waals surface area (Å²) >= 11 is 0. The van der Waals surface area contributed by atoms with Crippen LogP contribution in [0, 0.1) is 5.92 Å². The molecule has 0 spiro atoms. The van der Waals surface area contributed by atoms with Gasteiger partial charge in [0.25, 0.3) is 0 Å². The number of rotatable bonds is 14. The van der Waals surface area contributed by atoms with Gasteiger partial charge in [0.15, 0.2) is 5.78 Å².